The number of methoxy groups -OCH3 is 1. The second-order valence-electron chi connectivity index (χ2n) is 4.07. The van der Waals surface area contributed by atoms with E-state index in [4.69, 9.17) is 16.7 Å². The molecular weight excluding hydrogens is 413 g/mol. The summed E-state index contributed by atoms with van der Waals surface area (Å²) in [4.78, 5) is 0. The number of halogens is 2. The molecule has 0 atom stereocenters. The first-order valence-electron chi connectivity index (χ1n) is 8.00. The smallest absolute Gasteiger partial charge is 1.00 e. The van der Waals surface area contributed by atoms with Crippen LogP contribution in [-0.2, 0) is 4.74 Å². The Hall–Kier alpha value is 0.420. The van der Waals surface area contributed by atoms with Gasteiger partial charge in [0, 0.05) is 19.6 Å². The van der Waals surface area contributed by atoms with Crippen molar-refractivity contribution in [2.24, 2.45) is 0 Å². The Morgan fingerprint density at radius 1 is 0.821 bits per heavy atom. The topological polar surface area (TPSA) is 32.3 Å². The number of benzene rings is 2. The molecule has 0 bridgehead atoms. The van der Waals surface area contributed by atoms with Crippen LogP contribution in [0.3, 0.4) is 0 Å². The van der Waals surface area contributed by atoms with Gasteiger partial charge in [0.05, 0.1) is 0 Å². The molecule has 2 rings (SSSR count). The molecule has 0 aliphatic rings. The van der Waals surface area contributed by atoms with Crippen molar-refractivity contribution in [3.63, 3.8) is 0 Å². The van der Waals surface area contributed by atoms with Gasteiger partial charge in [-0.1, -0.05) is 92.9 Å². The largest absolute Gasteiger partial charge is 1.00 e. The van der Waals surface area contributed by atoms with Crippen molar-refractivity contribution in [1.29, 1.82) is 0 Å². The summed E-state index contributed by atoms with van der Waals surface area (Å²) in [5.74, 6) is 0.722. The minimum Gasteiger partial charge on any atom is -1.00 e. The summed E-state index contributed by atoms with van der Waals surface area (Å²) in [6, 6.07) is 20.1. The third-order valence-corrected chi connectivity index (χ3v) is 2.36. The minimum absolute atomic E-state index is 0. The molecule has 0 saturated heterocycles. The van der Waals surface area contributed by atoms with Crippen molar-refractivity contribution in [3.05, 3.63) is 84.9 Å². The van der Waals surface area contributed by atoms with Gasteiger partial charge in [0.1, 0.15) is 0 Å². The Balaban J connectivity index is -0.0000000574. The molecule has 0 N–H and O–H groups in total. The van der Waals surface area contributed by atoms with E-state index < -0.39 is 0 Å². The maximum atomic E-state index is 8.25. The number of rotatable bonds is 3. The second-order valence-corrected chi connectivity index (χ2v) is 4.61. The molecule has 0 aromatic heterocycles. The van der Waals surface area contributed by atoms with Crippen LogP contribution in [0.25, 0.3) is 12.2 Å². The summed E-state index contributed by atoms with van der Waals surface area (Å²) >= 11 is 5.00. The summed E-state index contributed by atoms with van der Waals surface area (Å²) in [5, 5.41) is 8.25. The van der Waals surface area contributed by atoms with Crippen LogP contribution in [0.1, 0.15) is 25.0 Å². The van der Waals surface area contributed by atoms with Crippen molar-refractivity contribution >= 4 is 23.8 Å². The molecule has 0 aliphatic heterocycles. The molecule has 0 amide bonds. The van der Waals surface area contributed by atoms with Crippen LogP contribution in [-0.4, -0.2) is 26.7 Å². The monoisotopic (exact) mass is 444 g/mol. The Morgan fingerprint density at radius 3 is 1.14 bits per heavy atom. The maximum Gasteiger partial charge on any atom is 1.00 e. The number of hydrogen-bond acceptors (Lipinski definition) is 2. The van der Waals surface area contributed by atoms with Gasteiger partial charge in [0.15, 0.2) is 0 Å². The molecule has 0 saturated carbocycles. The van der Waals surface area contributed by atoms with E-state index in [9.17, 15) is 0 Å². The third kappa shape index (κ3) is 37.2. The zero-order valence-electron chi connectivity index (χ0n) is 18.3. The fraction of sp³-hybridized carbons (Fsp3) is 0.273. The van der Waals surface area contributed by atoms with Crippen molar-refractivity contribution in [2.45, 2.75) is 13.8 Å². The fourth-order valence-corrected chi connectivity index (χ4v) is 1.18. The van der Waals surface area contributed by atoms with E-state index >= 15 is 0 Å². The predicted octanol–water partition coefficient (Wildman–Crippen LogP) is -3.45. The molecule has 2 nitrogen and oxygen atoms in total. The van der Waals surface area contributed by atoms with Crippen LogP contribution in [0.15, 0.2) is 73.8 Å². The van der Waals surface area contributed by atoms with Crippen molar-refractivity contribution in [3.8, 4) is 0 Å². The predicted molar refractivity (Wildman–Crippen MR) is 113 cm³/mol. The van der Waals surface area contributed by atoms with Gasteiger partial charge in [0.2, 0.25) is 0 Å². The van der Waals surface area contributed by atoms with Crippen LogP contribution in [0, 0.1) is 0 Å². The first kappa shape index (κ1) is 42.5. The molecule has 0 aliphatic carbocycles. The van der Waals surface area contributed by atoms with Crippen molar-refractivity contribution in [1.82, 2.24) is 0 Å². The van der Waals surface area contributed by atoms with Crippen molar-refractivity contribution < 1.29 is 81.4 Å². The number of alkyl halides is 1. The summed E-state index contributed by atoms with van der Waals surface area (Å²) in [6.07, 6.45) is 3.67. The molecule has 0 unspecified atom stereocenters. The molecule has 0 spiro atoms. The van der Waals surface area contributed by atoms with Crippen LogP contribution in [0.5, 0.6) is 0 Å². The van der Waals surface area contributed by atoms with Gasteiger partial charge in [-0.3, -0.25) is 0 Å². The Morgan fingerprint density at radius 2 is 1.04 bits per heavy atom. The zero-order valence-corrected chi connectivity index (χ0v) is 23.8. The van der Waals surface area contributed by atoms with Gasteiger partial charge in [-0.15, -0.1) is 11.6 Å². The van der Waals surface area contributed by atoms with Crippen LogP contribution in [0.4, 0.5) is 0 Å². The molecule has 0 fully saturated rings. The molecule has 6 heteroatoms. The summed E-state index contributed by atoms with van der Waals surface area (Å²) < 4.78 is 4.54. The van der Waals surface area contributed by atoms with Gasteiger partial charge in [0.25, 0.3) is 0 Å². The zero-order chi connectivity index (χ0) is 19.8. The van der Waals surface area contributed by atoms with Gasteiger partial charge >= 0.3 is 59.1 Å². The van der Waals surface area contributed by atoms with Gasteiger partial charge in [-0.2, -0.15) is 7.11 Å². The number of hydrogen-bond donors (Lipinski definition) is 0. The first-order valence-corrected chi connectivity index (χ1v) is 8.54. The van der Waals surface area contributed by atoms with E-state index in [1.165, 1.54) is 11.1 Å². The normalized spacial score (nSPS) is 6.79. The summed E-state index contributed by atoms with van der Waals surface area (Å²) in [5.41, 5.74) is 2.35. The average molecular weight is 445 g/mol. The molecule has 28 heavy (non-hydrogen) atoms. The molecule has 0 radical (unpaired) electrons. The Bertz CT molecular complexity index is 439. The Kier molecular flexibility index (Phi) is 63.3. The van der Waals surface area contributed by atoms with Gasteiger partial charge < -0.3 is 22.3 Å². The average Bonchev–Trinajstić information content (AvgIpc) is 2.72. The summed E-state index contributed by atoms with van der Waals surface area (Å²) in [6.45, 7) is 11.9. The Labute approximate surface area is 228 Å². The van der Waals surface area contributed by atoms with E-state index in [1.807, 2.05) is 86.7 Å². The van der Waals surface area contributed by atoms with Crippen molar-refractivity contribution in [2.75, 3.05) is 26.7 Å². The maximum absolute atomic E-state index is 8.25. The van der Waals surface area contributed by atoms with E-state index in [0.29, 0.717) is 0 Å². The standard InChI is InChI=1S/2C8H8.C3H8O.C2H5Cl.CH3O.ClH.2Na/c2*1-2-8-6-4-3-5-7-8;1-3-4-2;1-2-3;1-2;;;/h2*2-7H,1H2;3H2,1-2H3;2H2,1H3;1H3;1H;;/q;;;;-1;;2*+1/p-1. The molecule has 2 aromatic rings. The third-order valence-electron chi connectivity index (χ3n) is 2.36. The van der Waals surface area contributed by atoms with Gasteiger partial charge in [-0.25, -0.2) is 0 Å². The quantitative estimate of drug-likeness (QED) is 0.364. The SMILES string of the molecule is C=Cc1ccccc1.C=Cc1ccccc1.CCCl.CCOC.C[O-].[Cl-].[Na+].[Na+]. The minimum atomic E-state index is 0. The molecular formula is C22H32Cl2Na2O2. The molecule has 0 heterocycles. The first-order chi connectivity index (χ1) is 12.2. The molecule has 148 valence electrons. The van der Waals surface area contributed by atoms with E-state index in [2.05, 4.69) is 17.9 Å². The van der Waals surface area contributed by atoms with E-state index in [1.54, 1.807) is 7.11 Å². The van der Waals surface area contributed by atoms with Crippen LogP contribution in [0.2, 0.25) is 0 Å². The van der Waals surface area contributed by atoms with Gasteiger partial charge in [-0.05, 0) is 18.1 Å². The second kappa shape index (κ2) is 41.7. The van der Waals surface area contributed by atoms with E-state index in [0.717, 1.165) is 19.6 Å². The summed E-state index contributed by atoms with van der Waals surface area (Å²) in [7, 11) is 2.43. The molecule has 2 aromatic carbocycles. The van der Waals surface area contributed by atoms with E-state index in [-0.39, 0.29) is 71.5 Å². The number of ether oxygens (including phenoxy) is 1. The van der Waals surface area contributed by atoms with Crippen LogP contribution >= 0.6 is 11.6 Å². The van der Waals surface area contributed by atoms with Crippen LogP contribution < -0.4 is 76.6 Å². The fourth-order valence-electron chi connectivity index (χ4n) is 1.18.